The van der Waals surface area contributed by atoms with Crippen LogP contribution in [0.25, 0.3) is 10.9 Å². The average molecular weight is 379 g/mol. The van der Waals surface area contributed by atoms with Gasteiger partial charge < -0.3 is 14.2 Å². The fraction of sp³-hybridized carbons (Fsp3) is 0.190. The summed E-state index contributed by atoms with van der Waals surface area (Å²) < 4.78 is 15.9. The van der Waals surface area contributed by atoms with Gasteiger partial charge >= 0.3 is 0 Å². The molecule has 1 heterocycles. The Morgan fingerprint density at radius 3 is 2.36 bits per heavy atom. The topological polar surface area (TPSA) is 82.0 Å². The lowest BCUT2D eigenvalue weighted by atomic mass is 10.1. The van der Waals surface area contributed by atoms with Crippen LogP contribution in [0.1, 0.15) is 21.6 Å². The molecule has 0 bridgehead atoms. The Balaban J connectivity index is 1.81. The molecule has 0 aliphatic heterocycles. The highest BCUT2D eigenvalue weighted by molar-refractivity contribution is 5.99. The van der Waals surface area contributed by atoms with Crippen LogP contribution in [0.5, 0.6) is 17.2 Å². The second-order valence-electron chi connectivity index (χ2n) is 5.97. The van der Waals surface area contributed by atoms with Crippen molar-refractivity contribution >= 4 is 23.0 Å². The Labute approximate surface area is 162 Å². The highest BCUT2D eigenvalue weighted by Crippen LogP contribution is 2.37. The number of fused-ring (bicyclic) bond motifs is 1. The number of aromatic nitrogens is 1. The largest absolute Gasteiger partial charge is 0.493 e. The number of amides is 1. The van der Waals surface area contributed by atoms with E-state index in [0.717, 1.165) is 10.9 Å². The van der Waals surface area contributed by atoms with Crippen LogP contribution < -0.4 is 19.6 Å². The highest BCUT2D eigenvalue weighted by atomic mass is 16.5. The van der Waals surface area contributed by atoms with Gasteiger partial charge in [0.25, 0.3) is 5.91 Å². The molecule has 28 heavy (non-hydrogen) atoms. The molecule has 0 spiro atoms. The van der Waals surface area contributed by atoms with Crippen LogP contribution in [-0.4, -0.2) is 38.4 Å². The molecule has 0 saturated carbocycles. The third kappa shape index (κ3) is 3.88. The molecule has 0 aliphatic carbocycles. The molecular weight excluding hydrogens is 358 g/mol. The summed E-state index contributed by atoms with van der Waals surface area (Å²) in [6.45, 7) is 1.80. The van der Waals surface area contributed by atoms with Gasteiger partial charge in [-0.1, -0.05) is 18.2 Å². The van der Waals surface area contributed by atoms with Crippen LogP contribution in [0.3, 0.4) is 0 Å². The zero-order chi connectivity index (χ0) is 20.1. The number of hydrazone groups is 1. The molecular formula is C21H21N3O4. The Kier molecular flexibility index (Phi) is 5.74. The summed E-state index contributed by atoms with van der Waals surface area (Å²) in [5, 5.41) is 4.94. The Hall–Kier alpha value is -3.61. The normalized spacial score (nSPS) is 10.9. The lowest BCUT2D eigenvalue weighted by Crippen LogP contribution is -2.19. The van der Waals surface area contributed by atoms with E-state index in [4.69, 9.17) is 14.2 Å². The number of ether oxygens (including phenoxy) is 3. The van der Waals surface area contributed by atoms with Gasteiger partial charge in [-0.2, -0.15) is 5.10 Å². The summed E-state index contributed by atoms with van der Waals surface area (Å²) >= 11 is 0. The maximum Gasteiger partial charge on any atom is 0.273 e. The number of benzene rings is 2. The summed E-state index contributed by atoms with van der Waals surface area (Å²) in [6.07, 6.45) is 1.51. The first kappa shape index (κ1) is 19.2. The van der Waals surface area contributed by atoms with Crippen molar-refractivity contribution in [3.63, 3.8) is 0 Å². The maximum absolute atomic E-state index is 12.5. The van der Waals surface area contributed by atoms with Crippen LogP contribution in [0.4, 0.5) is 0 Å². The molecule has 0 saturated heterocycles. The van der Waals surface area contributed by atoms with E-state index in [-0.39, 0.29) is 5.91 Å². The van der Waals surface area contributed by atoms with Gasteiger partial charge in [-0.3, -0.25) is 9.78 Å². The fourth-order valence-corrected chi connectivity index (χ4v) is 2.84. The number of aryl methyl sites for hydroxylation is 1. The quantitative estimate of drug-likeness (QED) is 0.525. The lowest BCUT2D eigenvalue weighted by molar-refractivity contribution is 0.0954. The van der Waals surface area contributed by atoms with Gasteiger partial charge in [0.15, 0.2) is 11.5 Å². The van der Waals surface area contributed by atoms with E-state index < -0.39 is 0 Å². The van der Waals surface area contributed by atoms with Crippen molar-refractivity contribution in [1.29, 1.82) is 0 Å². The van der Waals surface area contributed by atoms with E-state index in [1.165, 1.54) is 27.5 Å². The Bertz CT molecular complexity index is 1020. The number of nitrogens with one attached hydrogen (secondary N) is 1. The van der Waals surface area contributed by atoms with E-state index in [2.05, 4.69) is 15.5 Å². The number of carbonyl (C=O) groups is 1. The first-order chi connectivity index (χ1) is 13.6. The standard InChI is InChI=1S/C21H21N3O4/c1-13-16(11-15-7-5-6-8-17(15)23-13)21(25)24-22-12-14-9-18(26-2)20(28-4)19(10-14)27-3/h5-12H,1-4H3,(H,24,25)/b22-12-. The van der Waals surface area contributed by atoms with E-state index in [1.807, 2.05) is 30.3 Å². The minimum atomic E-state index is -0.334. The zero-order valence-corrected chi connectivity index (χ0v) is 16.1. The fourth-order valence-electron chi connectivity index (χ4n) is 2.84. The van der Waals surface area contributed by atoms with Crippen molar-refractivity contribution in [3.8, 4) is 17.2 Å². The molecule has 0 radical (unpaired) electrons. The second-order valence-corrected chi connectivity index (χ2v) is 5.97. The van der Waals surface area contributed by atoms with Gasteiger partial charge in [0.05, 0.1) is 44.3 Å². The number of carbonyl (C=O) groups excluding carboxylic acids is 1. The minimum absolute atomic E-state index is 0.334. The third-order valence-corrected chi connectivity index (χ3v) is 4.23. The molecule has 7 heteroatoms. The van der Waals surface area contributed by atoms with Crippen LogP contribution in [-0.2, 0) is 0 Å². The average Bonchev–Trinajstić information content (AvgIpc) is 2.72. The highest BCUT2D eigenvalue weighted by Gasteiger charge is 2.13. The molecule has 1 amide bonds. The summed E-state index contributed by atoms with van der Waals surface area (Å²) in [5.74, 6) is 1.16. The first-order valence-corrected chi connectivity index (χ1v) is 8.57. The Morgan fingerprint density at radius 2 is 1.71 bits per heavy atom. The number of methoxy groups -OCH3 is 3. The van der Waals surface area contributed by atoms with E-state index in [9.17, 15) is 4.79 Å². The number of hydrogen-bond donors (Lipinski definition) is 1. The van der Waals surface area contributed by atoms with Crippen molar-refractivity contribution in [2.75, 3.05) is 21.3 Å². The van der Waals surface area contributed by atoms with E-state index in [1.54, 1.807) is 19.1 Å². The number of hydrogen-bond acceptors (Lipinski definition) is 6. The van der Waals surface area contributed by atoms with E-state index >= 15 is 0 Å². The number of pyridine rings is 1. The van der Waals surface area contributed by atoms with Gasteiger partial charge in [-0.15, -0.1) is 0 Å². The number of nitrogens with zero attached hydrogens (tertiary/aromatic N) is 2. The van der Waals surface area contributed by atoms with Crippen molar-refractivity contribution in [2.24, 2.45) is 5.10 Å². The van der Waals surface area contributed by atoms with Crippen molar-refractivity contribution in [1.82, 2.24) is 10.4 Å². The summed E-state index contributed by atoms with van der Waals surface area (Å²) in [4.78, 5) is 17.0. The molecule has 1 aromatic heterocycles. The minimum Gasteiger partial charge on any atom is -0.493 e. The predicted molar refractivity (Wildman–Crippen MR) is 108 cm³/mol. The van der Waals surface area contributed by atoms with Crippen molar-refractivity contribution in [2.45, 2.75) is 6.92 Å². The molecule has 1 N–H and O–H groups in total. The van der Waals surface area contributed by atoms with Crippen LogP contribution in [0.2, 0.25) is 0 Å². The smallest absolute Gasteiger partial charge is 0.273 e. The summed E-state index contributed by atoms with van der Waals surface area (Å²) in [5.41, 5.74) is 5.17. The molecule has 3 aromatic rings. The van der Waals surface area contributed by atoms with Crippen LogP contribution in [0.15, 0.2) is 47.6 Å². The summed E-state index contributed by atoms with van der Waals surface area (Å²) in [7, 11) is 4.61. The maximum atomic E-state index is 12.5. The molecule has 0 unspecified atom stereocenters. The monoisotopic (exact) mass is 379 g/mol. The van der Waals surface area contributed by atoms with Gasteiger partial charge in [-0.25, -0.2) is 5.43 Å². The van der Waals surface area contributed by atoms with Crippen molar-refractivity contribution < 1.29 is 19.0 Å². The molecule has 144 valence electrons. The van der Waals surface area contributed by atoms with E-state index in [0.29, 0.717) is 34.1 Å². The SMILES string of the molecule is COc1cc(/C=N\NC(=O)c2cc3ccccc3nc2C)cc(OC)c1OC. The number of rotatable bonds is 6. The third-order valence-electron chi connectivity index (χ3n) is 4.23. The summed E-state index contributed by atoms with van der Waals surface area (Å²) in [6, 6.07) is 12.9. The van der Waals surface area contributed by atoms with Crippen molar-refractivity contribution in [3.05, 3.63) is 59.3 Å². The predicted octanol–water partition coefficient (Wildman–Crippen LogP) is 3.33. The lowest BCUT2D eigenvalue weighted by Gasteiger charge is -2.12. The Morgan fingerprint density at radius 1 is 1.04 bits per heavy atom. The van der Waals surface area contributed by atoms with Crippen LogP contribution >= 0.6 is 0 Å². The zero-order valence-electron chi connectivity index (χ0n) is 16.1. The number of para-hydroxylation sites is 1. The van der Waals surface area contributed by atoms with Gasteiger partial charge in [0, 0.05) is 10.9 Å². The molecule has 0 fully saturated rings. The first-order valence-electron chi connectivity index (χ1n) is 8.57. The molecule has 2 aromatic carbocycles. The second kappa shape index (κ2) is 8.39. The van der Waals surface area contributed by atoms with Gasteiger partial charge in [0.1, 0.15) is 0 Å². The van der Waals surface area contributed by atoms with Crippen LogP contribution in [0, 0.1) is 6.92 Å². The molecule has 0 atom stereocenters. The van der Waals surface area contributed by atoms with Gasteiger partial charge in [-0.05, 0) is 31.2 Å². The van der Waals surface area contributed by atoms with Gasteiger partial charge in [0.2, 0.25) is 5.75 Å². The molecule has 3 rings (SSSR count). The molecule has 0 aliphatic rings. The molecule has 7 nitrogen and oxygen atoms in total.